The van der Waals surface area contributed by atoms with Crippen molar-refractivity contribution >= 4 is 27.3 Å². The number of anilines is 1. The van der Waals surface area contributed by atoms with Crippen molar-refractivity contribution in [2.75, 3.05) is 18.4 Å². The van der Waals surface area contributed by atoms with Crippen LogP contribution in [0, 0.1) is 5.82 Å². The second-order valence-corrected chi connectivity index (χ2v) is 6.54. The Morgan fingerprint density at radius 3 is 2.76 bits per heavy atom. The van der Waals surface area contributed by atoms with Crippen molar-refractivity contribution in [3.8, 4) is 0 Å². The van der Waals surface area contributed by atoms with Crippen LogP contribution < -0.4 is 10.5 Å². The summed E-state index contributed by atoms with van der Waals surface area (Å²) in [5.74, 6) is -0.383. The highest BCUT2D eigenvalue weighted by atomic mass is 32.2. The zero-order valence-corrected chi connectivity index (χ0v) is 11.9. The summed E-state index contributed by atoms with van der Waals surface area (Å²) in [5.41, 5.74) is 0.945. The molecule has 3 rings (SSSR count). The molecule has 3 N–H and O–H groups in total. The highest BCUT2D eigenvalue weighted by Crippen LogP contribution is 2.22. The van der Waals surface area contributed by atoms with Crippen molar-refractivity contribution < 1.29 is 17.2 Å². The van der Waals surface area contributed by atoms with Gasteiger partial charge in [-0.15, -0.1) is 0 Å². The Morgan fingerprint density at radius 2 is 2.10 bits per heavy atom. The van der Waals surface area contributed by atoms with Crippen LogP contribution in [0.5, 0.6) is 0 Å². The average molecular weight is 314 g/mol. The zero-order chi connectivity index (χ0) is 15.0. The fraction of sp³-hybridized carbons (Fsp3) is 0.417. The fourth-order valence-corrected chi connectivity index (χ4v) is 3.11. The van der Waals surface area contributed by atoms with Crippen molar-refractivity contribution in [3.05, 3.63) is 24.0 Å². The van der Waals surface area contributed by atoms with E-state index in [1.165, 1.54) is 16.4 Å². The van der Waals surface area contributed by atoms with E-state index in [1.54, 1.807) is 6.07 Å². The molecule has 0 aliphatic carbocycles. The summed E-state index contributed by atoms with van der Waals surface area (Å²) in [7, 11) is -3.62. The molecular weight excluding hydrogens is 299 g/mol. The number of rotatable bonds is 3. The number of benzene rings is 1. The Balaban J connectivity index is 1.67. The third-order valence-electron chi connectivity index (χ3n) is 3.49. The Hall–Kier alpha value is -1.71. The summed E-state index contributed by atoms with van der Waals surface area (Å²) >= 11 is 0. The van der Waals surface area contributed by atoms with Crippen molar-refractivity contribution in [1.29, 1.82) is 0 Å². The van der Waals surface area contributed by atoms with Gasteiger partial charge in [0.1, 0.15) is 11.3 Å². The molecule has 0 spiro atoms. The standard InChI is InChI=1S/C12H15FN4O3S/c13-8-1-2-10-11(7-8)20-12(16-10)15-9-3-5-17(6-4-9)21(14,18)19/h1-2,7,9H,3-6H2,(H,15,16)(H2,14,18,19). The molecule has 2 heterocycles. The zero-order valence-electron chi connectivity index (χ0n) is 11.1. The number of hydrogen-bond acceptors (Lipinski definition) is 5. The normalized spacial score (nSPS) is 18.2. The molecule has 114 valence electrons. The van der Waals surface area contributed by atoms with Gasteiger partial charge < -0.3 is 9.73 Å². The molecule has 0 radical (unpaired) electrons. The molecule has 1 fully saturated rings. The highest BCUT2D eigenvalue weighted by molar-refractivity contribution is 7.86. The van der Waals surface area contributed by atoms with E-state index in [0.717, 1.165) is 0 Å². The number of nitrogens with one attached hydrogen (secondary N) is 1. The van der Waals surface area contributed by atoms with Crippen LogP contribution >= 0.6 is 0 Å². The van der Waals surface area contributed by atoms with Gasteiger partial charge in [0, 0.05) is 25.2 Å². The van der Waals surface area contributed by atoms with Gasteiger partial charge in [0.15, 0.2) is 5.58 Å². The van der Waals surface area contributed by atoms with Gasteiger partial charge in [-0.05, 0) is 25.0 Å². The maximum Gasteiger partial charge on any atom is 0.295 e. The van der Waals surface area contributed by atoms with Crippen LogP contribution in [0.2, 0.25) is 0 Å². The third-order valence-corrected chi connectivity index (χ3v) is 4.58. The lowest BCUT2D eigenvalue weighted by Gasteiger charge is -2.29. The predicted octanol–water partition coefficient (Wildman–Crippen LogP) is 1.05. The van der Waals surface area contributed by atoms with Crippen LogP contribution in [-0.2, 0) is 10.2 Å². The van der Waals surface area contributed by atoms with E-state index in [9.17, 15) is 12.8 Å². The van der Waals surface area contributed by atoms with Crippen molar-refractivity contribution in [1.82, 2.24) is 9.29 Å². The second-order valence-electron chi connectivity index (χ2n) is 4.99. The van der Waals surface area contributed by atoms with E-state index < -0.39 is 10.2 Å². The maximum absolute atomic E-state index is 13.1. The minimum absolute atomic E-state index is 0.0425. The topological polar surface area (TPSA) is 101 Å². The number of nitrogens with two attached hydrogens (primary N) is 1. The van der Waals surface area contributed by atoms with E-state index in [4.69, 9.17) is 9.56 Å². The van der Waals surface area contributed by atoms with Gasteiger partial charge in [-0.25, -0.2) is 9.53 Å². The first-order valence-corrected chi connectivity index (χ1v) is 8.02. The summed E-state index contributed by atoms with van der Waals surface area (Å²) in [5, 5.41) is 8.18. The minimum Gasteiger partial charge on any atom is -0.423 e. The fourth-order valence-electron chi connectivity index (χ4n) is 2.39. The van der Waals surface area contributed by atoms with Crippen LogP contribution in [0.1, 0.15) is 12.8 Å². The predicted molar refractivity (Wildman–Crippen MR) is 75.3 cm³/mol. The van der Waals surface area contributed by atoms with E-state index in [1.807, 2.05) is 0 Å². The number of oxazole rings is 1. The molecule has 1 aromatic carbocycles. The van der Waals surface area contributed by atoms with Crippen LogP contribution in [0.4, 0.5) is 10.4 Å². The highest BCUT2D eigenvalue weighted by Gasteiger charge is 2.26. The number of halogens is 1. The number of aromatic nitrogens is 1. The molecule has 1 saturated heterocycles. The molecule has 0 amide bonds. The second kappa shape index (κ2) is 5.24. The van der Waals surface area contributed by atoms with Crippen LogP contribution in [0.3, 0.4) is 0 Å². The number of nitrogens with zero attached hydrogens (tertiary/aromatic N) is 2. The number of fused-ring (bicyclic) bond motifs is 1. The van der Waals surface area contributed by atoms with Crippen LogP contribution in [-0.4, -0.2) is 36.8 Å². The monoisotopic (exact) mass is 314 g/mol. The first-order valence-electron chi connectivity index (χ1n) is 6.52. The Kier molecular flexibility index (Phi) is 3.56. The molecule has 2 aromatic rings. The van der Waals surface area contributed by atoms with Crippen LogP contribution in [0.15, 0.2) is 22.6 Å². The van der Waals surface area contributed by atoms with Crippen LogP contribution in [0.25, 0.3) is 11.1 Å². The summed E-state index contributed by atoms with van der Waals surface area (Å²) in [6, 6.07) is 4.49. The van der Waals surface area contributed by atoms with E-state index >= 15 is 0 Å². The maximum atomic E-state index is 13.1. The largest absolute Gasteiger partial charge is 0.423 e. The van der Waals surface area contributed by atoms with Crippen molar-refractivity contribution in [2.45, 2.75) is 18.9 Å². The lowest BCUT2D eigenvalue weighted by molar-refractivity contribution is 0.327. The molecule has 0 atom stereocenters. The summed E-state index contributed by atoms with van der Waals surface area (Å²) in [6.45, 7) is 0.705. The lowest BCUT2D eigenvalue weighted by Crippen LogP contribution is -2.45. The summed E-state index contributed by atoms with van der Waals surface area (Å²) in [4.78, 5) is 4.21. The van der Waals surface area contributed by atoms with Gasteiger partial charge in [-0.2, -0.15) is 17.7 Å². The summed E-state index contributed by atoms with van der Waals surface area (Å²) < 4.78 is 42.2. The molecule has 7 nitrogen and oxygen atoms in total. The quantitative estimate of drug-likeness (QED) is 0.881. The Bertz CT molecular complexity index is 753. The van der Waals surface area contributed by atoms with Gasteiger partial charge >= 0.3 is 0 Å². The van der Waals surface area contributed by atoms with Gasteiger partial charge in [0.2, 0.25) is 0 Å². The van der Waals surface area contributed by atoms with Gasteiger partial charge in [-0.3, -0.25) is 0 Å². The van der Waals surface area contributed by atoms with E-state index in [2.05, 4.69) is 10.3 Å². The minimum atomic E-state index is -3.62. The molecule has 0 unspecified atom stereocenters. The third kappa shape index (κ3) is 3.14. The molecule has 0 bridgehead atoms. The Morgan fingerprint density at radius 1 is 1.38 bits per heavy atom. The first-order chi connectivity index (χ1) is 9.91. The van der Waals surface area contributed by atoms with Gasteiger partial charge in [0.25, 0.3) is 16.2 Å². The van der Waals surface area contributed by atoms with Gasteiger partial charge in [-0.1, -0.05) is 0 Å². The first kappa shape index (κ1) is 14.2. The van der Waals surface area contributed by atoms with Gasteiger partial charge in [0.05, 0.1) is 0 Å². The lowest BCUT2D eigenvalue weighted by atomic mass is 10.1. The molecule has 1 aliphatic heterocycles. The Labute approximate surface area is 121 Å². The molecule has 9 heteroatoms. The molecular formula is C12H15FN4O3S. The molecule has 1 aliphatic rings. The van der Waals surface area contributed by atoms with E-state index in [-0.39, 0.29) is 11.9 Å². The average Bonchev–Trinajstić information content (AvgIpc) is 2.79. The summed E-state index contributed by atoms with van der Waals surface area (Å²) in [6.07, 6.45) is 1.20. The molecule has 1 aromatic heterocycles. The molecule has 21 heavy (non-hydrogen) atoms. The van der Waals surface area contributed by atoms with Crippen molar-refractivity contribution in [2.24, 2.45) is 5.14 Å². The number of hydrogen-bond donors (Lipinski definition) is 2. The van der Waals surface area contributed by atoms with Crippen molar-refractivity contribution in [3.63, 3.8) is 0 Å². The SMILES string of the molecule is NS(=O)(=O)N1CCC(Nc2nc3ccc(F)cc3o2)CC1. The number of piperidine rings is 1. The molecule has 0 saturated carbocycles. The van der Waals surface area contributed by atoms with E-state index in [0.29, 0.717) is 43.0 Å². The smallest absolute Gasteiger partial charge is 0.295 e.